The van der Waals surface area contributed by atoms with Gasteiger partial charge in [0.05, 0.1) is 19.6 Å². The normalized spacial score (nSPS) is 23.2. The van der Waals surface area contributed by atoms with Crippen LogP contribution in [0, 0.1) is 11.8 Å². The number of hydrogen-bond acceptors (Lipinski definition) is 5. The summed E-state index contributed by atoms with van der Waals surface area (Å²) in [6, 6.07) is 8.30. The molecular formula is C21H34ClN2O6+. The maximum atomic E-state index is 9.77. The number of carboxylic acid groups (broad SMARTS) is 2. The maximum absolute atomic E-state index is 9.77. The minimum absolute atomic E-state index is 0.715. The number of aliphatic hydroxyl groups excluding tert-OH is 2. The predicted molar refractivity (Wildman–Crippen MR) is 114 cm³/mol. The molecule has 0 spiro atoms. The fourth-order valence-corrected chi connectivity index (χ4v) is 4.04. The lowest BCUT2D eigenvalue weighted by Gasteiger charge is -2.45. The van der Waals surface area contributed by atoms with Crippen LogP contribution in [0.3, 0.4) is 0 Å². The molecule has 1 aromatic carbocycles. The second-order valence-electron chi connectivity index (χ2n) is 8.36. The molecule has 0 saturated carbocycles. The van der Waals surface area contributed by atoms with Crippen molar-refractivity contribution in [2.24, 2.45) is 17.6 Å². The van der Waals surface area contributed by atoms with Crippen LogP contribution < -0.4 is 5.73 Å². The minimum Gasteiger partial charge on any atom is -0.479 e. The third kappa shape index (κ3) is 8.20. The number of benzene rings is 1. The highest BCUT2D eigenvalue weighted by molar-refractivity contribution is 6.31. The molecule has 1 saturated heterocycles. The monoisotopic (exact) mass is 445 g/mol. The number of hydrogen-bond donors (Lipinski definition) is 5. The molecule has 0 amide bonds. The predicted octanol–water partition coefficient (Wildman–Crippen LogP) is 1.56. The van der Waals surface area contributed by atoms with Crippen molar-refractivity contribution in [1.29, 1.82) is 0 Å². The van der Waals surface area contributed by atoms with Crippen molar-refractivity contribution in [1.82, 2.24) is 0 Å². The molecule has 0 bridgehead atoms. The van der Waals surface area contributed by atoms with Crippen LogP contribution >= 0.6 is 11.6 Å². The lowest BCUT2D eigenvalue weighted by molar-refractivity contribution is -0.948. The fourth-order valence-electron chi connectivity index (χ4n) is 3.84. The van der Waals surface area contributed by atoms with Crippen molar-refractivity contribution in [3.63, 3.8) is 0 Å². The van der Waals surface area contributed by atoms with Crippen molar-refractivity contribution in [2.75, 3.05) is 26.2 Å². The molecule has 170 valence electrons. The van der Waals surface area contributed by atoms with Crippen molar-refractivity contribution in [3.05, 3.63) is 34.9 Å². The Hall–Kier alpha value is -1.71. The molecule has 0 aromatic heterocycles. The van der Waals surface area contributed by atoms with Crippen LogP contribution in [-0.4, -0.2) is 75.2 Å². The Morgan fingerprint density at radius 2 is 1.60 bits per heavy atom. The first-order chi connectivity index (χ1) is 14.0. The molecule has 1 fully saturated rings. The van der Waals surface area contributed by atoms with Crippen LogP contribution in [-0.2, 0) is 16.1 Å². The molecular weight excluding hydrogens is 412 g/mol. The van der Waals surface area contributed by atoms with Gasteiger partial charge in [0.2, 0.25) is 0 Å². The molecule has 6 N–H and O–H groups in total. The van der Waals surface area contributed by atoms with E-state index in [9.17, 15) is 9.59 Å². The number of carbonyl (C=O) groups is 2. The first-order valence-corrected chi connectivity index (χ1v) is 10.5. The van der Waals surface area contributed by atoms with Crippen molar-refractivity contribution in [2.45, 2.75) is 45.4 Å². The van der Waals surface area contributed by atoms with Gasteiger partial charge < -0.3 is 30.6 Å². The van der Waals surface area contributed by atoms with Crippen molar-refractivity contribution >= 4 is 23.5 Å². The highest BCUT2D eigenvalue weighted by Crippen LogP contribution is 2.29. The quantitative estimate of drug-likeness (QED) is 0.382. The number of carboxylic acids is 2. The first-order valence-electron chi connectivity index (χ1n) is 10.1. The number of aliphatic hydroxyl groups is 2. The molecule has 8 nitrogen and oxygen atoms in total. The average molecular weight is 446 g/mol. The Balaban J connectivity index is 0.000000382. The molecule has 2 rings (SSSR count). The lowest BCUT2D eigenvalue weighted by Crippen LogP contribution is -2.54. The Morgan fingerprint density at radius 3 is 2.00 bits per heavy atom. The van der Waals surface area contributed by atoms with Gasteiger partial charge in [-0.2, -0.15) is 0 Å². The van der Waals surface area contributed by atoms with Gasteiger partial charge in [0.15, 0.2) is 12.2 Å². The van der Waals surface area contributed by atoms with Gasteiger partial charge in [-0.15, -0.1) is 0 Å². The van der Waals surface area contributed by atoms with Crippen LogP contribution in [0.1, 0.15) is 32.3 Å². The molecule has 0 radical (unpaired) electrons. The van der Waals surface area contributed by atoms with Gasteiger partial charge in [-0.1, -0.05) is 43.6 Å². The van der Waals surface area contributed by atoms with Gasteiger partial charge in [0, 0.05) is 29.3 Å². The standard InChI is InChI=1S/C17H28ClN2.C4H6O6/c1-14(2)12-20(9-7-15(11-19)8-10-20)13-16-5-3-4-6-17(16)18;5-1(3(7)8)2(6)4(9)10/h3-6,14-15H,7-13,19H2,1-2H3;1-2,5-6H,(H,7,8)(H,9,10)/q+1;. The maximum Gasteiger partial charge on any atom is 0.335 e. The number of quaternary nitrogens is 1. The number of piperidine rings is 1. The summed E-state index contributed by atoms with van der Waals surface area (Å²) >= 11 is 6.37. The van der Waals surface area contributed by atoms with Crippen LogP contribution in [0.15, 0.2) is 24.3 Å². The summed E-state index contributed by atoms with van der Waals surface area (Å²) in [5.74, 6) is -2.10. The molecule has 1 heterocycles. The summed E-state index contributed by atoms with van der Waals surface area (Å²) in [7, 11) is 0. The van der Waals surface area contributed by atoms with E-state index in [0.717, 1.165) is 24.0 Å². The van der Waals surface area contributed by atoms with E-state index in [2.05, 4.69) is 26.0 Å². The van der Waals surface area contributed by atoms with E-state index in [4.69, 9.17) is 37.8 Å². The van der Waals surface area contributed by atoms with Crippen LogP contribution in [0.5, 0.6) is 0 Å². The van der Waals surface area contributed by atoms with Gasteiger partial charge in [-0.25, -0.2) is 9.59 Å². The largest absolute Gasteiger partial charge is 0.479 e. The van der Waals surface area contributed by atoms with Crippen molar-refractivity contribution < 1.29 is 34.5 Å². The number of rotatable bonds is 8. The summed E-state index contributed by atoms with van der Waals surface area (Å²) in [5, 5.41) is 33.4. The Morgan fingerprint density at radius 1 is 1.10 bits per heavy atom. The van der Waals surface area contributed by atoms with E-state index in [1.54, 1.807) is 0 Å². The second-order valence-corrected chi connectivity index (χ2v) is 8.77. The van der Waals surface area contributed by atoms with E-state index < -0.39 is 24.1 Å². The second kappa shape index (κ2) is 12.2. The summed E-state index contributed by atoms with van der Waals surface area (Å²) in [6.07, 6.45) is -2.02. The average Bonchev–Trinajstić information content (AvgIpc) is 2.69. The van der Waals surface area contributed by atoms with E-state index in [1.165, 1.54) is 42.5 Å². The lowest BCUT2D eigenvalue weighted by atomic mass is 9.93. The molecule has 0 aliphatic carbocycles. The fraction of sp³-hybridized carbons (Fsp3) is 0.619. The highest BCUT2D eigenvalue weighted by Gasteiger charge is 2.34. The highest BCUT2D eigenvalue weighted by atomic mass is 35.5. The van der Waals surface area contributed by atoms with Gasteiger partial charge >= 0.3 is 11.9 Å². The van der Waals surface area contributed by atoms with Crippen LogP contribution in [0.4, 0.5) is 0 Å². The molecule has 9 heteroatoms. The zero-order valence-corrected chi connectivity index (χ0v) is 18.3. The van der Waals surface area contributed by atoms with E-state index >= 15 is 0 Å². The van der Waals surface area contributed by atoms with Gasteiger partial charge in [0.25, 0.3) is 0 Å². The van der Waals surface area contributed by atoms with E-state index in [0.29, 0.717) is 5.92 Å². The van der Waals surface area contributed by atoms with Gasteiger partial charge in [-0.05, 0) is 18.5 Å². The summed E-state index contributed by atoms with van der Waals surface area (Å²) in [5.41, 5.74) is 7.13. The molecule has 1 aliphatic heterocycles. The molecule has 2 atom stereocenters. The van der Waals surface area contributed by atoms with Crippen molar-refractivity contribution in [3.8, 4) is 0 Å². The number of aliphatic carboxylic acids is 2. The van der Waals surface area contributed by atoms with Crippen LogP contribution in [0.2, 0.25) is 5.02 Å². The molecule has 1 aromatic rings. The molecule has 30 heavy (non-hydrogen) atoms. The topological polar surface area (TPSA) is 141 Å². The zero-order chi connectivity index (χ0) is 22.9. The third-order valence-corrected chi connectivity index (χ3v) is 5.75. The number of nitrogens with zero attached hydrogens (tertiary/aromatic N) is 1. The number of nitrogens with two attached hydrogens (primary N) is 1. The van der Waals surface area contributed by atoms with E-state index in [-0.39, 0.29) is 0 Å². The SMILES string of the molecule is CC(C)C[N+]1(Cc2ccccc2Cl)CCC(CN)CC1.O=C(O)C(O)C(O)C(=O)O. The Bertz CT molecular complexity index is 674. The van der Waals surface area contributed by atoms with Crippen LogP contribution in [0.25, 0.3) is 0 Å². The first kappa shape index (κ1) is 26.3. The third-order valence-electron chi connectivity index (χ3n) is 5.38. The van der Waals surface area contributed by atoms with E-state index in [1.807, 2.05) is 12.1 Å². The summed E-state index contributed by atoms with van der Waals surface area (Å²) < 4.78 is 1.18. The summed E-state index contributed by atoms with van der Waals surface area (Å²) in [6.45, 7) is 10.3. The zero-order valence-electron chi connectivity index (χ0n) is 17.6. The molecule has 2 unspecified atom stereocenters. The van der Waals surface area contributed by atoms with Gasteiger partial charge in [0.1, 0.15) is 6.54 Å². The minimum atomic E-state index is -2.27. The smallest absolute Gasteiger partial charge is 0.335 e. The Labute approximate surface area is 182 Å². The number of halogens is 1. The number of likely N-dealkylation sites (tertiary alicyclic amines) is 1. The Kier molecular flexibility index (Phi) is 10.7. The van der Waals surface area contributed by atoms with Gasteiger partial charge in [-0.3, -0.25) is 0 Å². The molecule has 1 aliphatic rings. The summed E-state index contributed by atoms with van der Waals surface area (Å²) in [4.78, 5) is 19.5.